The van der Waals surface area contributed by atoms with Crippen LogP contribution in [0.15, 0.2) is 54.6 Å². The average molecular weight is 352 g/mol. The van der Waals surface area contributed by atoms with E-state index in [1.165, 1.54) is 0 Å². The van der Waals surface area contributed by atoms with Crippen LogP contribution in [0.1, 0.15) is 41.7 Å². The Morgan fingerprint density at radius 2 is 1.85 bits per heavy atom. The van der Waals surface area contributed by atoms with Crippen molar-refractivity contribution in [3.8, 4) is 5.75 Å². The van der Waals surface area contributed by atoms with Crippen LogP contribution in [0, 0.1) is 0 Å². The number of amides is 2. The van der Waals surface area contributed by atoms with Gasteiger partial charge < -0.3 is 15.0 Å². The first-order valence-electron chi connectivity index (χ1n) is 9.04. The van der Waals surface area contributed by atoms with Gasteiger partial charge in [0.05, 0.1) is 19.2 Å². The molecule has 1 fully saturated rings. The summed E-state index contributed by atoms with van der Waals surface area (Å²) >= 11 is 0. The lowest BCUT2D eigenvalue weighted by atomic mass is 10.0. The quantitative estimate of drug-likeness (QED) is 0.869. The third kappa shape index (κ3) is 4.23. The number of carbonyl (C=O) groups excluding carboxylic acids is 2. The lowest BCUT2D eigenvalue weighted by Gasteiger charge is -2.25. The van der Waals surface area contributed by atoms with E-state index in [1.807, 2.05) is 42.2 Å². The minimum Gasteiger partial charge on any atom is -0.494 e. The molecule has 1 aliphatic heterocycles. The van der Waals surface area contributed by atoms with Crippen LogP contribution < -0.4 is 10.1 Å². The average Bonchev–Trinajstić information content (AvgIpc) is 3.17. The third-order valence-electron chi connectivity index (χ3n) is 4.59. The van der Waals surface area contributed by atoms with Crippen LogP contribution in [0.5, 0.6) is 5.75 Å². The Kier molecular flexibility index (Phi) is 5.89. The molecule has 2 aromatic rings. The van der Waals surface area contributed by atoms with E-state index >= 15 is 0 Å². The van der Waals surface area contributed by atoms with Crippen molar-refractivity contribution >= 4 is 11.8 Å². The summed E-state index contributed by atoms with van der Waals surface area (Å²) in [6.07, 6.45) is 1.91. The van der Waals surface area contributed by atoms with Gasteiger partial charge in [-0.3, -0.25) is 9.59 Å². The molecule has 1 aliphatic rings. The first-order chi connectivity index (χ1) is 12.7. The summed E-state index contributed by atoms with van der Waals surface area (Å²) < 4.78 is 5.48. The van der Waals surface area contributed by atoms with Gasteiger partial charge in [0.1, 0.15) is 5.75 Å². The van der Waals surface area contributed by atoms with E-state index in [0.29, 0.717) is 12.2 Å². The number of ether oxygens (including phenoxy) is 1. The molecule has 2 aromatic carbocycles. The minimum atomic E-state index is -0.226. The Morgan fingerprint density at radius 1 is 1.12 bits per heavy atom. The monoisotopic (exact) mass is 352 g/mol. The van der Waals surface area contributed by atoms with Crippen LogP contribution in [0.2, 0.25) is 0 Å². The highest BCUT2D eigenvalue weighted by atomic mass is 16.5. The lowest BCUT2D eigenvalue weighted by Crippen LogP contribution is -2.39. The Morgan fingerprint density at radius 3 is 2.54 bits per heavy atom. The van der Waals surface area contributed by atoms with Gasteiger partial charge in [-0.05, 0) is 49.6 Å². The fourth-order valence-corrected chi connectivity index (χ4v) is 3.31. The number of nitrogens with one attached hydrogen (secondary N) is 1. The van der Waals surface area contributed by atoms with Crippen LogP contribution in [0.25, 0.3) is 0 Å². The van der Waals surface area contributed by atoms with Crippen molar-refractivity contribution in [1.29, 1.82) is 0 Å². The Bertz CT molecular complexity index is 744. The van der Waals surface area contributed by atoms with Gasteiger partial charge in [-0.15, -0.1) is 0 Å². The number of hydrogen-bond acceptors (Lipinski definition) is 3. The molecule has 3 rings (SSSR count). The van der Waals surface area contributed by atoms with Gasteiger partial charge in [-0.1, -0.05) is 30.3 Å². The maximum atomic E-state index is 12.6. The molecular formula is C21H24N2O3. The maximum absolute atomic E-state index is 12.6. The van der Waals surface area contributed by atoms with E-state index < -0.39 is 0 Å². The molecule has 0 aliphatic carbocycles. The van der Waals surface area contributed by atoms with Gasteiger partial charge in [0.2, 0.25) is 5.91 Å². The van der Waals surface area contributed by atoms with E-state index in [4.69, 9.17) is 4.74 Å². The van der Waals surface area contributed by atoms with Crippen molar-refractivity contribution in [2.24, 2.45) is 0 Å². The van der Waals surface area contributed by atoms with Crippen molar-refractivity contribution in [3.63, 3.8) is 0 Å². The first kappa shape index (κ1) is 18.0. The fourth-order valence-electron chi connectivity index (χ4n) is 3.31. The Balaban J connectivity index is 1.60. The molecule has 0 saturated carbocycles. The molecular weight excluding hydrogens is 328 g/mol. The van der Waals surface area contributed by atoms with Crippen LogP contribution in [-0.2, 0) is 4.79 Å². The molecule has 136 valence electrons. The zero-order valence-electron chi connectivity index (χ0n) is 15.0. The summed E-state index contributed by atoms with van der Waals surface area (Å²) in [5, 5.41) is 2.72. The predicted molar refractivity (Wildman–Crippen MR) is 100 cm³/mol. The van der Waals surface area contributed by atoms with Crippen LogP contribution in [0.3, 0.4) is 0 Å². The second kappa shape index (κ2) is 8.52. The SMILES string of the molecule is CCOc1ccc([C@H]2CCCN2C(=O)CNC(=O)c2ccccc2)cc1. The Hall–Kier alpha value is -2.82. The number of rotatable bonds is 6. The molecule has 2 amide bonds. The molecule has 0 bridgehead atoms. The molecule has 0 aromatic heterocycles. The summed E-state index contributed by atoms with van der Waals surface area (Å²) in [7, 11) is 0. The smallest absolute Gasteiger partial charge is 0.251 e. The number of nitrogens with zero attached hydrogens (tertiary/aromatic N) is 1. The molecule has 0 unspecified atom stereocenters. The highest BCUT2D eigenvalue weighted by molar-refractivity contribution is 5.96. The predicted octanol–water partition coefficient (Wildman–Crippen LogP) is 3.18. The van der Waals surface area contributed by atoms with E-state index in [-0.39, 0.29) is 24.4 Å². The van der Waals surface area contributed by atoms with E-state index in [1.54, 1.807) is 24.3 Å². The zero-order valence-corrected chi connectivity index (χ0v) is 15.0. The van der Waals surface area contributed by atoms with E-state index in [9.17, 15) is 9.59 Å². The second-order valence-corrected chi connectivity index (χ2v) is 6.30. The van der Waals surface area contributed by atoms with Crippen LogP contribution in [-0.4, -0.2) is 36.4 Å². The standard InChI is InChI=1S/C21H24N2O3/c1-2-26-18-12-10-16(11-13-18)19-9-6-14-23(19)20(24)15-22-21(25)17-7-4-3-5-8-17/h3-5,7-8,10-13,19H,2,6,9,14-15H2,1H3,(H,22,25)/t19-/m1/s1. The molecule has 1 N–H and O–H groups in total. The lowest BCUT2D eigenvalue weighted by molar-refractivity contribution is -0.131. The van der Waals surface area contributed by atoms with Crippen LogP contribution in [0.4, 0.5) is 0 Å². The van der Waals surface area contributed by atoms with Crippen molar-refractivity contribution in [1.82, 2.24) is 10.2 Å². The van der Waals surface area contributed by atoms with Crippen LogP contribution >= 0.6 is 0 Å². The largest absolute Gasteiger partial charge is 0.494 e. The van der Waals surface area contributed by atoms with Gasteiger partial charge in [0.15, 0.2) is 0 Å². The number of likely N-dealkylation sites (tertiary alicyclic amines) is 1. The van der Waals surface area contributed by atoms with Crippen molar-refractivity contribution < 1.29 is 14.3 Å². The Labute approximate surface area is 154 Å². The van der Waals surface area contributed by atoms with Gasteiger partial charge in [-0.2, -0.15) is 0 Å². The number of benzene rings is 2. The van der Waals surface area contributed by atoms with Crippen molar-refractivity contribution in [3.05, 3.63) is 65.7 Å². The molecule has 0 spiro atoms. The zero-order chi connectivity index (χ0) is 18.4. The van der Waals surface area contributed by atoms with Gasteiger partial charge in [-0.25, -0.2) is 0 Å². The summed E-state index contributed by atoms with van der Waals surface area (Å²) in [6.45, 7) is 3.32. The third-order valence-corrected chi connectivity index (χ3v) is 4.59. The minimum absolute atomic E-state index is 0.0151. The highest BCUT2D eigenvalue weighted by Gasteiger charge is 2.29. The molecule has 1 atom stereocenters. The summed E-state index contributed by atoms with van der Waals surface area (Å²) in [5.74, 6) is 0.559. The summed E-state index contributed by atoms with van der Waals surface area (Å²) in [6, 6.07) is 16.9. The number of carbonyl (C=O) groups is 2. The molecule has 0 radical (unpaired) electrons. The first-order valence-corrected chi connectivity index (χ1v) is 9.04. The van der Waals surface area contributed by atoms with E-state index in [2.05, 4.69) is 5.32 Å². The fraction of sp³-hybridized carbons (Fsp3) is 0.333. The number of hydrogen-bond donors (Lipinski definition) is 1. The van der Waals surface area contributed by atoms with Crippen molar-refractivity contribution in [2.45, 2.75) is 25.8 Å². The topological polar surface area (TPSA) is 58.6 Å². The van der Waals surface area contributed by atoms with Gasteiger partial charge in [0, 0.05) is 12.1 Å². The second-order valence-electron chi connectivity index (χ2n) is 6.30. The van der Waals surface area contributed by atoms with E-state index in [0.717, 1.165) is 30.7 Å². The molecule has 5 heteroatoms. The maximum Gasteiger partial charge on any atom is 0.251 e. The summed E-state index contributed by atoms with van der Waals surface area (Å²) in [5.41, 5.74) is 1.67. The summed E-state index contributed by atoms with van der Waals surface area (Å²) in [4.78, 5) is 26.6. The van der Waals surface area contributed by atoms with Gasteiger partial charge in [0.25, 0.3) is 5.91 Å². The normalized spacial score (nSPS) is 16.3. The highest BCUT2D eigenvalue weighted by Crippen LogP contribution is 2.32. The molecule has 1 heterocycles. The van der Waals surface area contributed by atoms with Gasteiger partial charge >= 0.3 is 0 Å². The molecule has 26 heavy (non-hydrogen) atoms. The van der Waals surface area contributed by atoms with Crippen molar-refractivity contribution in [2.75, 3.05) is 19.7 Å². The molecule has 5 nitrogen and oxygen atoms in total. The molecule has 1 saturated heterocycles.